The number of aromatic amines is 1. The highest BCUT2D eigenvalue weighted by molar-refractivity contribution is 5.86. The van der Waals surface area contributed by atoms with E-state index in [2.05, 4.69) is 41.6 Å². The van der Waals surface area contributed by atoms with Gasteiger partial charge in [0.05, 0.1) is 7.11 Å². The Hall–Kier alpha value is -2.46. The fourth-order valence-electron chi connectivity index (χ4n) is 2.95. The summed E-state index contributed by atoms with van der Waals surface area (Å²) in [5.41, 5.74) is 4.88. The molecule has 0 aliphatic rings. The largest absolute Gasteiger partial charge is 0.504 e. The van der Waals surface area contributed by atoms with Crippen LogP contribution in [0.1, 0.15) is 16.7 Å². The van der Waals surface area contributed by atoms with E-state index < -0.39 is 0 Å². The number of rotatable bonds is 6. The Labute approximate surface area is 136 Å². The zero-order valence-corrected chi connectivity index (χ0v) is 13.5. The average Bonchev–Trinajstić information content (AvgIpc) is 2.96. The van der Waals surface area contributed by atoms with E-state index in [0.717, 1.165) is 25.1 Å². The van der Waals surface area contributed by atoms with Crippen molar-refractivity contribution in [1.29, 1.82) is 0 Å². The summed E-state index contributed by atoms with van der Waals surface area (Å²) in [7, 11) is 1.55. The first-order valence-electron chi connectivity index (χ1n) is 7.81. The van der Waals surface area contributed by atoms with E-state index in [1.54, 1.807) is 19.2 Å². The van der Waals surface area contributed by atoms with E-state index in [0.29, 0.717) is 5.75 Å². The van der Waals surface area contributed by atoms with Crippen molar-refractivity contribution in [3.63, 3.8) is 0 Å². The van der Waals surface area contributed by atoms with Gasteiger partial charge in [0.15, 0.2) is 11.5 Å². The van der Waals surface area contributed by atoms with Crippen molar-refractivity contribution in [1.82, 2.24) is 10.3 Å². The van der Waals surface area contributed by atoms with Gasteiger partial charge in [-0.15, -0.1) is 0 Å². The number of phenolic OH excluding ortho intramolecular Hbond substituents is 1. The maximum atomic E-state index is 9.79. The van der Waals surface area contributed by atoms with Crippen LogP contribution in [-0.4, -0.2) is 23.7 Å². The predicted octanol–water partition coefficient (Wildman–Crippen LogP) is 3.52. The van der Waals surface area contributed by atoms with Gasteiger partial charge in [0.25, 0.3) is 0 Å². The van der Waals surface area contributed by atoms with Crippen molar-refractivity contribution in [2.24, 2.45) is 0 Å². The summed E-state index contributed by atoms with van der Waals surface area (Å²) in [6, 6.07) is 11.8. The van der Waals surface area contributed by atoms with Crippen LogP contribution in [0.3, 0.4) is 0 Å². The molecule has 3 rings (SSSR count). The number of aryl methyl sites for hydroxylation is 1. The lowest BCUT2D eigenvalue weighted by atomic mass is 10.1. The second-order valence-corrected chi connectivity index (χ2v) is 5.74. The highest BCUT2D eigenvalue weighted by Gasteiger charge is 2.06. The van der Waals surface area contributed by atoms with Crippen LogP contribution in [-0.2, 0) is 13.0 Å². The molecule has 3 N–H and O–H groups in total. The fraction of sp³-hybridized carbons (Fsp3) is 0.263. The van der Waals surface area contributed by atoms with Gasteiger partial charge in [-0.2, -0.15) is 0 Å². The molecule has 120 valence electrons. The molecule has 4 nitrogen and oxygen atoms in total. The quantitative estimate of drug-likeness (QED) is 0.611. The third kappa shape index (κ3) is 3.32. The van der Waals surface area contributed by atoms with Crippen LogP contribution < -0.4 is 10.1 Å². The number of phenols is 1. The molecule has 0 bridgehead atoms. The highest BCUT2D eigenvalue weighted by Crippen LogP contribution is 2.26. The number of benzene rings is 2. The summed E-state index contributed by atoms with van der Waals surface area (Å²) in [4.78, 5) is 3.33. The molecule has 4 heteroatoms. The second-order valence-electron chi connectivity index (χ2n) is 5.74. The van der Waals surface area contributed by atoms with Crippen molar-refractivity contribution < 1.29 is 9.84 Å². The van der Waals surface area contributed by atoms with Crippen molar-refractivity contribution in [3.8, 4) is 11.5 Å². The van der Waals surface area contributed by atoms with E-state index in [9.17, 15) is 5.11 Å². The van der Waals surface area contributed by atoms with E-state index in [1.807, 2.05) is 6.07 Å². The first-order valence-corrected chi connectivity index (χ1v) is 7.81. The number of aromatic hydroxyl groups is 1. The highest BCUT2D eigenvalue weighted by atomic mass is 16.5. The minimum atomic E-state index is 0.180. The van der Waals surface area contributed by atoms with Crippen LogP contribution >= 0.6 is 0 Å². The first kappa shape index (κ1) is 15.4. The summed E-state index contributed by atoms with van der Waals surface area (Å²) in [6.45, 7) is 3.75. The van der Waals surface area contributed by atoms with Crippen LogP contribution in [0.5, 0.6) is 11.5 Å². The van der Waals surface area contributed by atoms with Gasteiger partial charge < -0.3 is 20.1 Å². The molecule has 0 amide bonds. The van der Waals surface area contributed by atoms with Crippen LogP contribution in [0, 0.1) is 6.92 Å². The predicted molar refractivity (Wildman–Crippen MR) is 93.1 cm³/mol. The Balaban J connectivity index is 1.58. The lowest BCUT2D eigenvalue weighted by Gasteiger charge is -2.08. The van der Waals surface area contributed by atoms with Gasteiger partial charge in [-0.3, -0.25) is 0 Å². The average molecular weight is 310 g/mol. The van der Waals surface area contributed by atoms with Crippen LogP contribution in [0.25, 0.3) is 10.9 Å². The SMILES string of the molecule is COc1ccc(CNCCc2c[nH]c3cccc(C)c23)cc1O. The van der Waals surface area contributed by atoms with Crippen LogP contribution in [0.2, 0.25) is 0 Å². The van der Waals surface area contributed by atoms with Crippen LogP contribution in [0.4, 0.5) is 0 Å². The topological polar surface area (TPSA) is 57.3 Å². The van der Waals surface area contributed by atoms with Crippen molar-refractivity contribution in [2.75, 3.05) is 13.7 Å². The Morgan fingerprint density at radius 2 is 2.09 bits per heavy atom. The molecular weight excluding hydrogens is 288 g/mol. The molecule has 0 radical (unpaired) electrons. The van der Waals surface area contributed by atoms with Crippen molar-refractivity contribution in [2.45, 2.75) is 19.9 Å². The summed E-state index contributed by atoms with van der Waals surface area (Å²) < 4.78 is 5.05. The Morgan fingerprint density at radius 1 is 1.22 bits per heavy atom. The lowest BCUT2D eigenvalue weighted by Crippen LogP contribution is -2.16. The third-order valence-corrected chi connectivity index (χ3v) is 4.14. The number of aromatic nitrogens is 1. The number of methoxy groups -OCH3 is 1. The molecule has 0 fully saturated rings. The summed E-state index contributed by atoms with van der Waals surface area (Å²) >= 11 is 0. The van der Waals surface area contributed by atoms with E-state index in [1.165, 1.54) is 22.0 Å². The first-order chi connectivity index (χ1) is 11.2. The molecule has 0 aliphatic carbocycles. The van der Waals surface area contributed by atoms with Crippen LogP contribution in [0.15, 0.2) is 42.6 Å². The van der Waals surface area contributed by atoms with E-state index >= 15 is 0 Å². The summed E-state index contributed by atoms with van der Waals surface area (Å²) in [5, 5.41) is 14.5. The maximum absolute atomic E-state index is 9.79. The molecule has 0 spiro atoms. The zero-order valence-electron chi connectivity index (χ0n) is 13.5. The fourth-order valence-corrected chi connectivity index (χ4v) is 2.95. The number of hydrogen-bond acceptors (Lipinski definition) is 3. The minimum absolute atomic E-state index is 0.180. The minimum Gasteiger partial charge on any atom is -0.504 e. The van der Waals surface area contributed by atoms with E-state index in [4.69, 9.17) is 4.74 Å². The standard InChI is InChI=1S/C19H22N2O2/c1-13-4-3-5-16-19(13)15(12-21-16)8-9-20-11-14-6-7-18(23-2)17(22)10-14/h3-7,10,12,20-22H,8-9,11H2,1-2H3. The molecule has 1 heterocycles. The Morgan fingerprint density at radius 3 is 2.87 bits per heavy atom. The molecule has 0 atom stereocenters. The van der Waals surface area contributed by atoms with E-state index in [-0.39, 0.29) is 5.75 Å². The Kier molecular flexibility index (Phi) is 4.53. The molecule has 23 heavy (non-hydrogen) atoms. The van der Waals surface area contributed by atoms with Gasteiger partial charge >= 0.3 is 0 Å². The van der Waals surface area contributed by atoms with Gasteiger partial charge in [-0.1, -0.05) is 18.2 Å². The molecular formula is C19H22N2O2. The molecule has 0 aliphatic heterocycles. The molecule has 0 saturated heterocycles. The molecule has 2 aromatic carbocycles. The molecule has 1 aromatic heterocycles. The summed E-state index contributed by atoms with van der Waals surface area (Å²) in [6.07, 6.45) is 3.06. The third-order valence-electron chi connectivity index (χ3n) is 4.14. The van der Waals surface area contributed by atoms with Gasteiger partial charge in [-0.25, -0.2) is 0 Å². The van der Waals surface area contributed by atoms with Crippen molar-refractivity contribution in [3.05, 3.63) is 59.3 Å². The molecule has 0 saturated carbocycles. The van der Waals surface area contributed by atoms with Gasteiger partial charge in [0, 0.05) is 23.6 Å². The Bertz CT molecular complexity index is 808. The summed E-state index contributed by atoms with van der Waals surface area (Å²) in [5.74, 6) is 0.682. The number of hydrogen-bond donors (Lipinski definition) is 3. The molecule has 3 aromatic rings. The zero-order chi connectivity index (χ0) is 16.2. The van der Waals surface area contributed by atoms with Gasteiger partial charge in [-0.05, 0) is 54.8 Å². The van der Waals surface area contributed by atoms with Crippen molar-refractivity contribution >= 4 is 10.9 Å². The smallest absolute Gasteiger partial charge is 0.160 e. The molecule has 0 unspecified atom stereocenters. The maximum Gasteiger partial charge on any atom is 0.160 e. The second kappa shape index (κ2) is 6.75. The van der Waals surface area contributed by atoms with Gasteiger partial charge in [0.1, 0.15) is 0 Å². The normalized spacial score (nSPS) is 11.0. The number of H-pyrrole nitrogens is 1. The number of fused-ring (bicyclic) bond motifs is 1. The lowest BCUT2D eigenvalue weighted by molar-refractivity contribution is 0.373. The van der Waals surface area contributed by atoms with Gasteiger partial charge in [0.2, 0.25) is 0 Å². The number of ether oxygens (including phenoxy) is 1. The number of nitrogens with one attached hydrogen (secondary N) is 2. The monoisotopic (exact) mass is 310 g/mol.